The first-order valence-electron chi connectivity index (χ1n) is 4.21. The van der Waals surface area contributed by atoms with Gasteiger partial charge in [0.15, 0.2) is 0 Å². The molecule has 0 aromatic carbocycles. The number of H-pyrrole nitrogens is 1. The Kier molecular flexibility index (Phi) is 2.36. The molecule has 0 saturated heterocycles. The zero-order valence-corrected chi connectivity index (χ0v) is 7.93. The molecule has 0 aliphatic carbocycles. The van der Waals surface area contributed by atoms with Crippen LogP contribution in [0.3, 0.4) is 0 Å². The molecule has 0 aliphatic rings. The molecular weight excluding hydrogens is 196 g/mol. The van der Waals surface area contributed by atoms with Crippen molar-refractivity contribution >= 4 is 11.6 Å². The topological polar surface area (TPSA) is 96.5 Å². The van der Waals surface area contributed by atoms with E-state index in [9.17, 15) is 4.79 Å². The van der Waals surface area contributed by atoms with Crippen LogP contribution in [0.2, 0.25) is 0 Å². The third-order valence-electron chi connectivity index (χ3n) is 1.62. The highest BCUT2D eigenvalue weighted by Crippen LogP contribution is 2.02. The number of rotatable bonds is 2. The van der Waals surface area contributed by atoms with E-state index in [1.165, 1.54) is 18.7 Å². The van der Waals surface area contributed by atoms with Crippen LogP contribution >= 0.6 is 0 Å². The van der Waals surface area contributed by atoms with Crippen LogP contribution in [0.25, 0.3) is 0 Å². The van der Waals surface area contributed by atoms with Crippen molar-refractivity contribution in [3.05, 3.63) is 30.4 Å². The van der Waals surface area contributed by atoms with Crippen molar-refractivity contribution in [1.29, 1.82) is 0 Å². The van der Waals surface area contributed by atoms with Gasteiger partial charge in [-0.1, -0.05) is 0 Å². The van der Waals surface area contributed by atoms with Crippen LogP contribution in [0.1, 0.15) is 16.4 Å². The number of nitrogens with zero attached hydrogens (tertiary/aromatic N) is 4. The van der Waals surface area contributed by atoms with Gasteiger partial charge < -0.3 is 5.32 Å². The molecule has 76 valence electrons. The second kappa shape index (κ2) is 3.82. The molecule has 2 aromatic heterocycles. The minimum atomic E-state index is -0.394. The van der Waals surface area contributed by atoms with Crippen LogP contribution in [0.4, 0.5) is 5.69 Å². The molecule has 2 rings (SSSR count). The van der Waals surface area contributed by atoms with Gasteiger partial charge in [-0.25, -0.2) is 15.0 Å². The summed E-state index contributed by atoms with van der Waals surface area (Å²) >= 11 is 0. The fourth-order valence-electron chi connectivity index (χ4n) is 0.995. The second-order valence-electron chi connectivity index (χ2n) is 2.83. The van der Waals surface area contributed by atoms with E-state index in [1.807, 2.05) is 0 Å². The number of hydrogen-bond acceptors (Lipinski definition) is 5. The summed E-state index contributed by atoms with van der Waals surface area (Å²) in [5.41, 5.74) is 0.505. The van der Waals surface area contributed by atoms with Crippen molar-refractivity contribution in [1.82, 2.24) is 25.1 Å². The SMILES string of the molecule is Cc1nc(C(=O)Nc2cncnc2)n[nH]1. The summed E-state index contributed by atoms with van der Waals surface area (Å²) < 4.78 is 0. The zero-order chi connectivity index (χ0) is 10.7. The summed E-state index contributed by atoms with van der Waals surface area (Å²) in [4.78, 5) is 22.9. The molecule has 0 atom stereocenters. The van der Waals surface area contributed by atoms with Crippen molar-refractivity contribution < 1.29 is 4.79 Å². The van der Waals surface area contributed by atoms with Crippen molar-refractivity contribution in [3.8, 4) is 0 Å². The Morgan fingerprint density at radius 3 is 2.73 bits per heavy atom. The highest BCUT2D eigenvalue weighted by molar-refractivity contribution is 6.01. The molecule has 7 nitrogen and oxygen atoms in total. The van der Waals surface area contributed by atoms with Crippen LogP contribution in [0.15, 0.2) is 18.7 Å². The van der Waals surface area contributed by atoms with Gasteiger partial charge >= 0.3 is 0 Å². The summed E-state index contributed by atoms with van der Waals surface area (Å²) in [5.74, 6) is 0.287. The lowest BCUT2D eigenvalue weighted by molar-refractivity contribution is 0.101. The highest BCUT2D eigenvalue weighted by atomic mass is 16.2. The van der Waals surface area contributed by atoms with Crippen molar-refractivity contribution in [2.45, 2.75) is 6.92 Å². The number of carbonyl (C=O) groups is 1. The van der Waals surface area contributed by atoms with Gasteiger partial charge in [-0.3, -0.25) is 9.89 Å². The summed E-state index contributed by atoms with van der Waals surface area (Å²) in [6.45, 7) is 1.72. The largest absolute Gasteiger partial charge is 0.317 e. The normalized spacial score (nSPS) is 9.93. The molecule has 15 heavy (non-hydrogen) atoms. The van der Waals surface area contributed by atoms with Crippen LogP contribution in [0.5, 0.6) is 0 Å². The molecule has 7 heteroatoms. The van der Waals surface area contributed by atoms with Gasteiger partial charge in [0, 0.05) is 0 Å². The molecular formula is C8H8N6O. The standard InChI is InChI=1S/C8H8N6O/c1-5-11-7(14-13-5)8(15)12-6-2-9-4-10-3-6/h2-4H,1H3,(H,12,15)(H,11,13,14). The zero-order valence-electron chi connectivity index (χ0n) is 7.93. The predicted molar refractivity (Wildman–Crippen MR) is 51.1 cm³/mol. The quantitative estimate of drug-likeness (QED) is 0.726. The lowest BCUT2D eigenvalue weighted by Gasteiger charge is -1.99. The number of aryl methyl sites for hydroxylation is 1. The van der Waals surface area contributed by atoms with Crippen molar-refractivity contribution in [2.75, 3.05) is 5.32 Å². The maximum absolute atomic E-state index is 11.5. The Balaban J connectivity index is 2.11. The van der Waals surface area contributed by atoms with Gasteiger partial charge in [0.25, 0.3) is 5.91 Å². The van der Waals surface area contributed by atoms with Crippen molar-refractivity contribution in [2.24, 2.45) is 0 Å². The number of amides is 1. The van der Waals surface area contributed by atoms with Gasteiger partial charge in [-0.05, 0) is 6.92 Å². The predicted octanol–water partition coefficient (Wildman–Crippen LogP) is 0.155. The Bertz CT molecular complexity index is 465. The lowest BCUT2D eigenvalue weighted by atomic mass is 10.5. The minimum Gasteiger partial charge on any atom is -0.317 e. The first-order valence-corrected chi connectivity index (χ1v) is 4.21. The molecule has 0 saturated carbocycles. The molecule has 2 aromatic rings. The number of aromatic nitrogens is 5. The Hall–Kier alpha value is -2.31. The maximum Gasteiger partial charge on any atom is 0.295 e. The molecule has 0 fully saturated rings. The molecule has 0 bridgehead atoms. The average Bonchev–Trinajstić information content (AvgIpc) is 2.66. The molecule has 2 N–H and O–H groups in total. The van der Waals surface area contributed by atoms with Crippen molar-refractivity contribution in [3.63, 3.8) is 0 Å². The fourth-order valence-corrected chi connectivity index (χ4v) is 0.995. The van der Waals surface area contributed by atoms with Crippen LogP contribution in [-0.2, 0) is 0 Å². The smallest absolute Gasteiger partial charge is 0.295 e. The first kappa shape index (κ1) is 9.25. The van der Waals surface area contributed by atoms with Gasteiger partial charge in [0.1, 0.15) is 12.2 Å². The van der Waals surface area contributed by atoms with Gasteiger partial charge in [0.2, 0.25) is 5.82 Å². The Morgan fingerprint density at radius 2 is 2.13 bits per heavy atom. The number of aromatic amines is 1. The van der Waals surface area contributed by atoms with Gasteiger partial charge in [-0.15, -0.1) is 5.10 Å². The van der Waals surface area contributed by atoms with E-state index in [4.69, 9.17) is 0 Å². The molecule has 0 radical (unpaired) electrons. The molecule has 2 heterocycles. The summed E-state index contributed by atoms with van der Waals surface area (Å²) in [7, 11) is 0. The van der Waals surface area contributed by atoms with Gasteiger partial charge in [0.05, 0.1) is 18.1 Å². The van der Waals surface area contributed by atoms with Crippen LogP contribution in [0, 0.1) is 6.92 Å². The number of anilines is 1. The number of hydrogen-bond donors (Lipinski definition) is 2. The van der Waals surface area contributed by atoms with E-state index in [-0.39, 0.29) is 5.82 Å². The minimum absolute atomic E-state index is 0.0938. The Labute approximate surface area is 85.0 Å². The first-order chi connectivity index (χ1) is 7.25. The lowest BCUT2D eigenvalue weighted by Crippen LogP contribution is -2.14. The molecule has 0 unspecified atom stereocenters. The highest BCUT2D eigenvalue weighted by Gasteiger charge is 2.10. The van der Waals surface area contributed by atoms with E-state index < -0.39 is 5.91 Å². The fraction of sp³-hybridized carbons (Fsp3) is 0.125. The second-order valence-corrected chi connectivity index (χ2v) is 2.83. The molecule has 1 amide bonds. The monoisotopic (exact) mass is 204 g/mol. The van der Waals surface area contributed by atoms with E-state index in [0.717, 1.165) is 0 Å². The summed E-state index contributed by atoms with van der Waals surface area (Å²) in [5, 5.41) is 8.87. The third-order valence-corrected chi connectivity index (χ3v) is 1.62. The van der Waals surface area contributed by atoms with E-state index in [0.29, 0.717) is 11.5 Å². The van der Waals surface area contributed by atoms with Gasteiger partial charge in [-0.2, -0.15) is 0 Å². The molecule has 0 aliphatic heterocycles. The Morgan fingerprint density at radius 1 is 1.40 bits per heavy atom. The van der Waals surface area contributed by atoms with Crippen LogP contribution < -0.4 is 5.32 Å². The summed E-state index contributed by atoms with van der Waals surface area (Å²) in [6.07, 6.45) is 4.36. The number of carbonyl (C=O) groups excluding carboxylic acids is 1. The third kappa shape index (κ3) is 2.13. The summed E-state index contributed by atoms with van der Waals surface area (Å²) in [6, 6.07) is 0. The van der Waals surface area contributed by atoms with E-state index >= 15 is 0 Å². The van der Waals surface area contributed by atoms with E-state index in [2.05, 4.69) is 30.5 Å². The van der Waals surface area contributed by atoms with Crippen LogP contribution in [-0.4, -0.2) is 31.1 Å². The maximum atomic E-state index is 11.5. The average molecular weight is 204 g/mol. The van der Waals surface area contributed by atoms with E-state index in [1.54, 1.807) is 6.92 Å². The number of nitrogens with one attached hydrogen (secondary N) is 2. The molecule has 0 spiro atoms.